The molecule has 0 saturated carbocycles. The minimum atomic E-state index is 0.391. The number of rotatable bonds is 6. The topological polar surface area (TPSA) is 86.9 Å². The quantitative estimate of drug-likeness (QED) is 0.175. The van der Waals surface area contributed by atoms with Gasteiger partial charge in [0.2, 0.25) is 0 Å². The highest BCUT2D eigenvalue weighted by Gasteiger charge is 2.20. The van der Waals surface area contributed by atoms with E-state index in [-0.39, 0.29) is 0 Å². The second-order valence-electron chi connectivity index (χ2n) is 12.5. The summed E-state index contributed by atoms with van der Waals surface area (Å²) in [6, 6.07) is 53.4. The highest BCUT2D eigenvalue weighted by Crippen LogP contribution is 2.33. The molecule has 0 spiro atoms. The van der Waals surface area contributed by atoms with Crippen molar-refractivity contribution in [1.82, 2.24) is 15.0 Å². The summed E-state index contributed by atoms with van der Waals surface area (Å²) in [4.78, 5) is 14.9. The van der Waals surface area contributed by atoms with E-state index in [0.29, 0.717) is 28.9 Å². The predicted molar refractivity (Wildman–Crippen MR) is 210 cm³/mol. The number of nitrogens with one attached hydrogen (secondary N) is 2. The molecule has 0 atom stereocenters. The second kappa shape index (κ2) is 12.8. The Morgan fingerprint density at radius 3 is 1.84 bits per heavy atom. The number of fused-ring (bicyclic) bond motifs is 4. The summed E-state index contributed by atoms with van der Waals surface area (Å²) in [5, 5.41) is 18.0. The van der Waals surface area contributed by atoms with Crippen molar-refractivity contribution < 1.29 is 0 Å². The van der Waals surface area contributed by atoms with E-state index in [2.05, 4.69) is 83.3 Å². The van der Waals surface area contributed by atoms with Crippen molar-refractivity contribution in [3.8, 4) is 45.3 Å². The maximum absolute atomic E-state index is 9.07. The van der Waals surface area contributed by atoms with E-state index in [9.17, 15) is 0 Å². The zero-order valence-electron chi connectivity index (χ0n) is 27.5. The number of hydrogen-bond donors (Lipinski definition) is 2. The van der Waals surface area contributed by atoms with Crippen LogP contribution in [0.5, 0.6) is 0 Å². The lowest BCUT2D eigenvalue weighted by molar-refractivity contribution is 1.07. The zero-order valence-corrected chi connectivity index (χ0v) is 27.5. The van der Waals surface area contributed by atoms with Gasteiger partial charge in [0.25, 0.3) is 0 Å². The number of benzene rings is 7. The van der Waals surface area contributed by atoms with Crippen LogP contribution >= 0.6 is 0 Å². The molecular weight excluding hydrogens is 625 g/mol. The van der Waals surface area contributed by atoms with E-state index >= 15 is 0 Å². The van der Waals surface area contributed by atoms with E-state index in [0.717, 1.165) is 60.8 Å². The third-order valence-electron chi connectivity index (χ3n) is 9.19. The Morgan fingerprint density at radius 2 is 1.04 bits per heavy atom. The van der Waals surface area contributed by atoms with Crippen LogP contribution in [0.2, 0.25) is 0 Å². The number of hydrogen-bond acceptors (Lipinski definition) is 6. The molecular formula is C45H30N6. The molecule has 0 radical (unpaired) electrons. The Balaban J connectivity index is 1.09. The van der Waals surface area contributed by atoms with Gasteiger partial charge in [-0.15, -0.1) is 0 Å². The fourth-order valence-electron chi connectivity index (χ4n) is 6.57. The van der Waals surface area contributed by atoms with E-state index in [1.807, 2.05) is 97.1 Å². The van der Waals surface area contributed by atoms with Gasteiger partial charge in [-0.25, -0.2) is 15.0 Å². The number of allylic oxidation sites excluding steroid dienone is 1. The molecule has 2 N–H and O–H groups in total. The zero-order chi connectivity index (χ0) is 34.1. The number of hydrazone groups is 1. The Kier molecular flexibility index (Phi) is 7.52. The standard InChI is InChI=1S/C45H30N6/c46-42-40(51-50-38-16-5-2-6-17-38)25-23-30-19-20-35-26-34(22-24-39(35)41(30)42)33-14-9-15-36(28-33)44-47-43(31-11-3-1-4-12-31)48-45(49-44)37-21-18-29-10-7-8-13-32(29)27-37/h1-28,46,50H/b46-42?,51-40-. The summed E-state index contributed by atoms with van der Waals surface area (Å²) in [6.45, 7) is 0. The molecule has 1 heterocycles. The lowest BCUT2D eigenvalue weighted by Crippen LogP contribution is -2.18. The van der Waals surface area contributed by atoms with Gasteiger partial charge in [-0.3, -0.25) is 10.8 Å². The SMILES string of the molecule is N=C1/C(=N\Nc2ccccc2)C=Cc2ccc3cc(-c4cccc(-c5nc(-c6ccccc6)nc(-c6ccc7ccccc7c6)n5)c4)ccc3c21. The van der Waals surface area contributed by atoms with E-state index in [4.69, 9.17) is 20.4 Å². The van der Waals surface area contributed by atoms with Crippen LogP contribution in [0.25, 0.3) is 72.9 Å². The maximum Gasteiger partial charge on any atom is 0.164 e. The monoisotopic (exact) mass is 654 g/mol. The minimum Gasteiger partial charge on any atom is -0.298 e. The predicted octanol–water partition coefficient (Wildman–Crippen LogP) is 10.7. The molecule has 1 aromatic heterocycles. The lowest BCUT2D eigenvalue weighted by Gasteiger charge is -2.17. The molecule has 0 fully saturated rings. The lowest BCUT2D eigenvalue weighted by atomic mass is 9.88. The van der Waals surface area contributed by atoms with Gasteiger partial charge in [0.1, 0.15) is 5.71 Å². The fourth-order valence-corrected chi connectivity index (χ4v) is 6.57. The maximum atomic E-state index is 9.07. The molecule has 0 unspecified atom stereocenters. The van der Waals surface area contributed by atoms with Crippen LogP contribution in [0.15, 0.2) is 169 Å². The number of nitrogens with zero attached hydrogens (tertiary/aromatic N) is 4. The van der Waals surface area contributed by atoms with Crippen molar-refractivity contribution in [3.05, 3.63) is 175 Å². The Bertz CT molecular complexity index is 2680. The van der Waals surface area contributed by atoms with Crippen LogP contribution in [0.4, 0.5) is 5.69 Å². The van der Waals surface area contributed by atoms with Crippen molar-refractivity contribution in [2.24, 2.45) is 5.10 Å². The van der Waals surface area contributed by atoms with Gasteiger partial charge in [-0.1, -0.05) is 133 Å². The van der Waals surface area contributed by atoms with Crippen LogP contribution in [0.1, 0.15) is 11.1 Å². The van der Waals surface area contributed by atoms with Gasteiger partial charge in [-0.2, -0.15) is 5.10 Å². The normalized spacial score (nSPS) is 13.1. The molecule has 6 heteroatoms. The van der Waals surface area contributed by atoms with Gasteiger partial charge in [0.15, 0.2) is 17.5 Å². The molecule has 240 valence electrons. The first-order chi connectivity index (χ1) is 25.2. The van der Waals surface area contributed by atoms with Crippen molar-refractivity contribution in [2.45, 2.75) is 0 Å². The largest absolute Gasteiger partial charge is 0.298 e. The van der Waals surface area contributed by atoms with E-state index in [1.54, 1.807) is 0 Å². The van der Waals surface area contributed by atoms with Crippen LogP contribution in [-0.4, -0.2) is 26.4 Å². The summed E-state index contributed by atoms with van der Waals surface area (Å²) in [5.74, 6) is 1.87. The highest BCUT2D eigenvalue weighted by atomic mass is 15.3. The van der Waals surface area contributed by atoms with Gasteiger partial charge in [0, 0.05) is 22.3 Å². The van der Waals surface area contributed by atoms with E-state index in [1.165, 1.54) is 5.39 Å². The van der Waals surface area contributed by atoms with Crippen molar-refractivity contribution in [3.63, 3.8) is 0 Å². The van der Waals surface area contributed by atoms with Crippen molar-refractivity contribution in [2.75, 3.05) is 5.43 Å². The average molecular weight is 655 g/mol. The summed E-state index contributed by atoms with van der Waals surface area (Å²) in [7, 11) is 0. The minimum absolute atomic E-state index is 0.391. The van der Waals surface area contributed by atoms with Gasteiger partial charge < -0.3 is 0 Å². The number of anilines is 1. The second-order valence-corrected chi connectivity index (χ2v) is 12.5. The third kappa shape index (κ3) is 5.85. The summed E-state index contributed by atoms with van der Waals surface area (Å²) in [5.41, 5.74) is 11.7. The molecule has 1 aliphatic rings. The first kappa shape index (κ1) is 30.0. The van der Waals surface area contributed by atoms with Crippen LogP contribution in [0.3, 0.4) is 0 Å². The van der Waals surface area contributed by atoms with Gasteiger partial charge in [0.05, 0.1) is 11.4 Å². The Hall–Kier alpha value is -7.05. The molecule has 0 aliphatic heterocycles. The number of aromatic nitrogens is 3. The summed E-state index contributed by atoms with van der Waals surface area (Å²) >= 11 is 0. The summed E-state index contributed by atoms with van der Waals surface area (Å²) < 4.78 is 0. The molecule has 51 heavy (non-hydrogen) atoms. The van der Waals surface area contributed by atoms with Crippen molar-refractivity contribution in [1.29, 1.82) is 5.41 Å². The van der Waals surface area contributed by atoms with Crippen molar-refractivity contribution >= 4 is 44.7 Å². The van der Waals surface area contributed by atoms with Gasteiger partial charge >= 0.3 is 0 Å². The van der Waals surface area contributed by atoms with Gasteiger partial charge in [-0.05, 0) is 74.6 Å². The molecule has 9 rings (SSSR count). The first-order valence-corrected chi connectivity index (χ1v) is 16.8. The molecule has 0 saturated heterocycles. The smallest absolute Gasteiger partial charge is 0.164 e. The first-order valence-electron chi connectivity index (χ1n) is 16.8. The molecule has 6 nitrogen and oxygen atoms in total. The van der Waals surface area contributed by atoms with Crippen LogP contribution < -0.4 is 5.43 Å². The Labute approximate surface area is 295 Å². The summed E-state index contributed by atoms with van der Waals surface area (Å²) in [6.07, 6.45) is 3.92. The average Bonchev–Trinajstić information content (AvgIpc) is 3.20. The van der Waals surface area contributed by atoms with E-state index < -0.39 is 0 Å². The third-order valence-corrected chi connectivity index (χ3v) is 9.19. The van der Waals surface area contributed by atoms with Crippen LogP contribution in [0, 0.1) is 5.41 Å². The Morgan fingerprint density at radius 1 is 0.451 bits per heavy atom. The fraction of sp³-hybridized carbons (Fsp3) is 0. The highest BCUT2D eigenvalue weighted by molar-refractivity contribution is 6.55. The molecule has 0 amide bonds. The molecule has 8 aromatic rings. The van der Waals surface area contributed by atoms with Crippen LogP contribution in [-0.2, 0) is 0 Å². The molecule has 7 aromatic carbocycles. The molecule has 1 aliphatic carbocycles. The number of para-hydroxylation sites is 1. The molecule has 0 bridgehead atoms.